The lowest BCUT2D eigenvalue weighted by Gasteiger charge is -2.19. The summed E-state index contributed by atoms with van der Waals surface area (Å²) in [5.41, 5.74) is 5.86. The molecule has 1 saturated heterocycles. The summed E-state index contributed by atoms with van der Waals surface area (Å²) >= 11 is 0. The molecule has 5 atom stereocenters. The highest BCUT2D eigenvalue weighted by molar-refractivity contribution is 5.86. The largest absolute Gasteiger partial charge is 0.477 e. The van der Waals surface area contributed by atoms with Crippen molar-refractivity contribution >= 4 is 17.9 Å². The molecule has 1 unspecified atom stereocenters. The molecule has 2 heterocycles. The van der Waals surface area contributed by atoms with E-state index in [-0.39, 0.29) is 24.0 Å². The van der Waals surface area contributed by atoms with Gasteiger partial charge in [-0.3, -0.25) is 9.59 Å². The maximum absolute atomic E-state index is 12.0. The number of rotatable bonds is 7. The molecule has 1 aromatic heterocycles. The lowest BCUT2D eigenvalue weighted by molar-refractivity contribution is -0.765. The van der Waals surface area contributed by atoms with Crippen molar-refractivity contribution in [2.75, 3.05) is 6.61 Å². The van der Waals surface area contributed by atoms with Crippen LogP contribution in [0.4, 0.5) is 0 Å². The van der Waals surface area contributed by atoms with E-state index >= 15 is 0 Å². The molecule has 28 heavy (non-hydrogen) atoms. The van der Waals surface area contributed by atoms with E-state index in [4.69, 9.17) is 19.9 Å². The third-order valence-corrected chi connectivity index (χ3v) is 4.75. The number of nitrogens with two attached hydrogens (primary N) is 1. The summed E-state index contributed by atoms with van der Waals surface area (Å²) in [7, 11) is 0. The van der Waals surface area contributed by atoms with E-state index in [9.17, 15) is 19.5 Å². The van der Waals surface area contributed by atoms with Crippen LogP contribution in [0.2, 0.25) is 0 Å². The fourth-order valence-corrected chi connectivity index (χ4v) is 2.95. The highest BCUT2D eigenvalue weighted by Crippen LogP contribution is 2.33. The molecule has 0 bridgehead atoms. The van der Waals surface area contributed by atoms with E-state index in [1.807, 2.05) is 20.8 Å². The molecule has 0 aromatic carbocycles. The Morgan fingerprint density at radius 1 is 1.36 bits per heavy atom. The molecule has 0 spiro atoms. The number of aromatic carboxylic acids is 1. The lowest BCUT2D eigenvalue weighted by Crippen LogP contribution is -2.46. The molecule has 1 aromatic rings. The normalized spacial score (nSPS) is 25.4. The predicted octanol–water partition coefficient (Wildman–Crippen LogP) is 0.664. The summed E-state index contributed by atoms with van der Waals surface area (Å²) in [5.74, 6) is -2.46. The summed E-state index contributed by atoms with van der Waals surface area (Å²) in [6.07, 6.45) is 1.07. The molecule has 0 saturated carbocycles. The molecule has 0 amide bonds. The number of carboxylic acid groups (broad SMARTS) is 1. The van der Waals surface area contributed by atoms with E-state index < -0.39 is 42.4 Å². The van der Waals surface area contributed by atoms with Crippen LogP contribution in [0.1, 0.15) is 44.3 Å². The van der Waals surface area contributed by atoms with Crippen molar-refractivity contribution in [3.8, 4) is 0 Å². The molecular formula is C19H27N2O7+. The second kappa shape index (κ2) is 9.11. The van der Waals surface area contributed by atoms with E-state index in [1.165, 1.54) is 23.8 Å². The number of aromatic nitrogens is 1. The Hall–Kier alpha value is -2.52. The van der Waals surface area contributed by atoms with Gasteiger partial charge in [-0.15, -0.1) is 0 Å². The molecule has 0 aliphatic carbocycles. The van der Waals surface area contributed by atoms with Gasteiger partial charge in [0.2, 0.25) is 0 Å². The average molecular weight is 395 g/mol. The Morgan fingerprint density at radius 3 is 2.61 bits per heavy atom. The Bertz CT molecular complexity index is 737. The van der Waals surface area contributed by atoms with Gasteiger partial charge < -0.3 is 25.1 Å². The Morgan fingerprint density at radius 2 is 2.04 bits per heavy atom. The Kier molecular flexibility index (Phi) is 7.09. The van der Waals surface area contributed by atoms with E-state index in [1.54, 1.807) is 12.3 Å². The number of esters is 2. The van der Waals surface area contributed by atoms with Crippen molar-refractivity contribution in [2.24, 2.45) is 17.6 Å². The van der Waals surface area contributed by atoms with Crippen molar-refractivity contribution in [2.45, 2.75) is 52.2 Å². The number of hydrogen-bond acceptors (Lipinski definition) is 7. The summed E-state index contributed by atoms with van der Waals surface area (Å²) in [6, 6.07) is 2.28. The number of carboxylic acids is 1. The Labute approximate surface area is 163 Å². The van der Waals surface area contributed by atoms with Gasteiger partial charge in [-0.05, 0) is 12.0 Å². The fraction of sp³-hybridized carbons (Fsp3) is 0.579. The zero-order valence-corrected chi connectivity index (χ0v) is 16.4. The van der Waals surface area contributed by atoms with Gasteiger partial charge in [0.1, 0.15) is 24.3 Å². The van der Waals surface area contributed by atoms with E-state index in [0.717, 1.165) is 0 Å². The van der Waals surface area contributed by atoms with Crippen LogP contribution in [-0.4, -0.2) is 47.9 Å². The summed E-state index contributed by atoms with van der Waals surface area (Å²) in [4.78, 5) is 34.8. The summed E-state index contributed by atoms with van der Waals surface area (Å²) < 4.78 is 18.2. The molecule has 9 nitrogen and oxygen atoms in total. The van der Waals surface area contributed by atoms with Gasteiger partial charge in [0.25, 0.3) is 0 Å². The maximum Gasteiger partial charge on any atom is 0.341 e. The molecule has 154 valence electrons. The first kappa shape index (κ1) is 21.8. The van der Waals surface area contributed by atoms with Crippen molar-refractivity contribution in [3.63, 3.8) is 0 Å². The first-order valence-corrected chi connectivity index (χ1v) is 9.10. The molecule has 3 N–H and O–H groups in total. The quantitative estimate of drug-likeness (QED) is 0.509. The zero-order chi connectivity index (χ0) is 21.0. The van der Waals surface area contributed by atoms with Gasteiger partial charge in [0.15, 0.2) is 18.5 Å². The van der Waals surface area contributed by atoms with Crippen LogP contribution in [0.5, 0.6) is 0 Å². The van der Waals surface area contributed by atoms with Crippen LogP contribution in [0.15, 0.2) is 24.5 Å². The second-order valence-electron chi connectivity index (χ2n) is 7.24. The smallest absolute Gasteiger partial charge is 0.341 e. The first-order valence-electron chi connectivity index (χ1n) is 9.10. The number of nitrogens with zero attached hydrogens (tertiary/aromatic N) is 1. The average Bonchev–Trinajstić information content (AvgIpc) is 2.94. The minimum atomic E-state index is -1.09. The number of carbonyl (C=O) groups is 3. The minimum absolute atomic E-state index is 0.0478. The van der Waals surface area contributed by atoms with Gasteiger partial charge in [0.05, 0.1) is 0 Å². The third kappa shape index (κ3) is 5.05. The van der Waals surface area contributed by atoms with Crippen molar-refractivity contribution in [1.82, 2.24) is 0 Å². The third-order valence-electron chi connectivity index (χ3n) is 4.75. The van der Waals surface area contributed by atoms with Crippen molar-refractivity contribution in [1.29, 1.82) is 0 Å². The molecule has 2 rings (SSSR count). The monoisotopic (exact) mass is 395 g/mol. The number of hydrogen-bond donors (Lipinski definition) is 2. The van der Waals surface area contributed by atoms with Gasteiger partial charge in [-0.1, -0.05) is 20.8 Å². The van der Waals surface area contributed by atoms with Crippen molar-refractivity contribution < 1.29 is 38.3 Å². The van der Waals surface area contributed by atoms with Crippen LogP contribution in [-0.2, 0) is 23.8 Å². The van der Waals surface area contributed by atoms with Crippen LogP contribution < -0.4 is 10.3 Å². The molecule has 9 heteroatoms. The molecule has 1 fully saturated rings. The van der Waals surface area contributed by atoms with Gasteiger partial charge in [0, 0.05) is 18.9 Å². The number of ether oxygens (including phenoxy) is 3. The molecule has 1 aliphatic rings. The Balaban J connectivity index is 2.18. The zero-order valence-electron chi connectivity index (χ0n) is 16.4. The van der Waals surface area contributed by atoms with E-state index in [0.29, 0.717) is 0 Å². The van der Waals surface area contributed by atoms with Crippen LogP contribution in [0.3, 0.4) is 0 Å². The highest BCUT2D eigenvalue weighted by atomic mass is 16.6. The van der Waals surface area contributed by atoms with Crippen LogP contribution >= 0.6 is 0 Å². The lowest BCUT2D eigenvalue weighted by atomic mass is 10.0. The minimum Gasteiger partial charge on any atom is -0.477 e. The van der Waals surface area contributed by atoms with E-state index in [2.05, 4.69) is 0 Å². The predicted molar refractivity (Wildman–Crippen MR) is 96.0 cm³/mol. The standard InChI is InChI=1S/C19H26N2O7/c1-10(2)15(20)19(25)26-9-14-11(3)16(27-12(4)22)17(28-14)21-7-5-6-13(8-21)18(23)24/h5-8,10-11,14-17H,9,20H2,1-4H3/p+1/t11-,14-,15+,16?,17-/m1/s1. The molecule has 0 radical (unpaired) electrons. The van der Waals surface area contributed by atoms with Crippen LogP contribution in [0, 0.1) is 11.8 Å². The number of carbonyl (C=O) groups excluding carboxylic acids is 2. The van der Waals surface area contributed by atoms with Crippen molar-refractivity contribution in [3.05, 3.63) is 30.1 Å². The molecule has 1 aliphatic heterocycles. The fourth-order valence-electron chi connectivity index (χ4n) is 2.95. The van der Waals surface area contributed by atoms with Gasteiger partial charge in [-0.25, -0.2) is 4.79 Å². The SMILES string of the molecule is CC(=O)OC1[C@H]([n+]2cccc(C(=O)O)c2)O[C@H](COC(=O)[C@@H](N)C(C)C)[C@H]1C. The summed E-state index contributed by atoms with van der Waals surface area (Å²) in [5, 5.41) is 9.20. The highest BCUT2D eigenvalue weighted by Gasteiger charge is 2.50. The topological polar surface area (TPSA) is 129 Å². The summed E-state index contributed by atoms with van der Waals surface area (Å²) in [6.45, 7) is 6.69. The van der Waals surface area contributed by atoms with Gasteiger partial charge in [-0.2, -0.15) is 4.57 Å². The van der Waals surface area contributed by atoms with Gasteiger partial charge >= 0.3 is 24.1 Å². The first-order chi connectivity index (χ1) is 13.1. The molecular weight excluding hydrogens is 368 g/mol. The second-order valence-corrected chi connectivity index (χ2v) is 7.24. The number of pyridine rings is 1. The maximum atomic E-state index is 12.0. The van der Waals surface area contributed by atoms with Crippen LogP contribution in [0.25, 0.3) is 0 Å².